The summed E-state index contributed by atoms with van der Waals surface area (Å²) in [6.07, 6.45) is 3.90. The molecular weight excluding hydrogens is 326 g/mol. The average Bonchev–Trinajstić information content (AvgIpc) is 3.17. The standard InChI is InChI=1S/C21H17N3O2.H2/c22-10-14-11-23-17-7-13(1-3-16(14)17)8-20(25)21(5-6-21)15-2-4-19-18(9-15)24-12-26-19;/h1-4,7,9,11,23-24H,5-6,8,12H2;1H. The lowest BCUT2D eigenvalue weighted by molar-refractivity contribution is -0.120. The summed E-state index contributed by atoms with van der Waals surface area (Å²) >= 11 is 0. The fourth-order valence-corrected chi connectivity index (χ4v) is 3.87. The molecule has 0 unspecified atom stereocenters. The van der Waals surface area contributed by atoms with Gasteiger partial charge in [-0.2, -0.15) is 5.26 Å². The molecular formula is C21H19N3O2. The number of fused-ring (bicyclic) bond motifs is 2. The van der Waals surface area contributed by atoms with E-state index in [4.69, 9.17) is 10.00 Å². The number of carbonyl (C=O) groups excluding carboxylic acids is 1. The Morgan fingerprint density at radius 2 is 2.15 bits per heavy atom. The number of ether oxygens (including phenoxy) is 1. The summed E-state index contributed by atoms with van der Waals surface area (Å²) in [5.41, 5.74) is 4.19. The minimum Gasteiger partial charge on any atom is -0.471 e. The maximum absolute atomic E-state index is 13.1. The number of hydrogen-bond acceptors (Lipinski definition) is 4. The van der Waals surface area contributed by atoms with Crippen LogP contribution in [0.3, 0.4) is 0 Å². The summed E-state index contributed by atoms with van der Waals surface area (Å²) in [7, 11) is 0. The Hall–Kier alpha value is -3.26. The Kier molecular flexibility index (Phi) is 3.10. The van der Waals surface area contributed by atoms with Gasteiger partial charge in [0.05, 0.1) is 16.7 Å². The van der Waals surface area contributed by atoms with Crippen molar-refractivity contribution >= 4 is 22.4 Å². The molecule has 2 aromatic carbocycles. The maximum atomic E-state index is 13.1. The molecule has 0 amide bonds. The summed E-state index contributed by atoms with van der Waals surface area (Å²) < 4.78 is 5.47. The van der Waals surface area contributed by atoms with Gasteiger partial charge in [0.15, 0.2) is 6.73 Å². The van der Waals surface area contributed by atoms with Crippen molar-refractivity contribution in [2.45, 2.75) is 24.7 Å². The summed E-state index contributed by atoms with van der Waals surface area (Å²) in [6, 6.07) is 14.0. The van der Waals surface area contributed by atoms with Gasteiger partial charge < -0.3 is 15.0 Å². The average molecular weight is 345 g/mol. The second-order valence-electron chi connectivity index (χ2n) is 7.05. The van der Waals surface area contributed by atoms with E-state index in [1.54, 1.807) is 6.20 Å². The number of ketones is 1. The number of H-pyrrole nitrogens is 1. The molecule has 5 heteroatoms. The molecule has 3 aromatic rings. The number of aromatic amines is 1. The van der Waals surface area contributed by atoms with E-state index in [-0.39, 0.29) is 12.6 Å². The van der Waals surface area contributed by atoms with E-state index in [0.717, 1.165) is 46.3 Å². The monoisotopic (exact) mass is 345 g/mol. The van der Waals surface area contributed by atoms with E-state index < -0.39 is 0 Å². The molecule has 1 aromatic heterocycles. The largest absolute Gasteiger partial charge is 0.471 e. The predicted molar refractivity (Wildman–Crippen MR) is 100 cm³/mol. The fourth-order valence-electron chi connectivity index (χ4n) is 3.87. The molecule has 2 aliphatic rings. The number of carbonyl (C=O) groups is 1. The number of hydrogen-bond donors (Lipinski definition) is 2. The molecule has 0 spiro atoms. The van der Waals surface area contributed by atoms with Crippen molar-refractivity contribution in [2.75, 3.05) is 12.0 Å². The van der Waals surface area contributed by atoms with Crippen LogP contribution in [0.2, 0.25) is 0 Å². The number of rotatable bonds is 4. The van der Waals surface area contributed by atoms with Crippen molar-refractivity contribution in [3.05, 3.63) is 59.3 Å². The smallest absolute Gasteiger partial charge is 0.159 e. The van der Waals surface area contributed by atoms with Crippen molar-refractivity contribution in [1.82, 2.24) is 4.98 Å². The van der Waals surface area contributed by atoms with Crippen LogP contribution in [0, 0.1) is 11.3 Å². The van der Waals surface area contributed by atoms with Crippen LogP contribution in [0.1, 0.15) is 31.0 Å². The van der Waals surface area contributed by atoms with Crippen molar-refractivity contribution in [3.63, 3.8) is 0 Å². The van der Waals surface area contributed by atoms with Crippen LogP contribution < -0.4 is 10.1 Å². The number of nitriles is 1. The Balaban J connectivity index is 0.00000180. The zero-order valence-corrected chi connectivity index (χ0v) is 14.1. The number of nitrogens with zero attached hydrogens (tertiary/aromatic N) is 1. The summed E-state index contributed by atoms with van der Waals surface area (Å²) in [5.74, 6) is 1.10. The molecule has 1 fully saturated rings. The van der Waals surface area contributed by atoms with Crippen LogP contribution in [0.25, 0.3) is 10.9 Å². The van der Waals surface area contributed by atoms with Crippen LogP contribution in [0.4, 0.5) is 5.69 Å². The first-order valence-electron chi connectivity index (χ1n) is 8.74. The maximum Gasteiger partial charge on any atom is 0.159 e. The third kappa shape index (κ3) is 2.19. The predicted octanol–water partition coefficient (Wildman–Crippen LogP) is 3.89. The molecule has 0 atom stereocenters. The van der Waals surface area contributed by atoms with E-state index in [0.29, 0.717) is 18.7 Å². The topological polar surface area (TPSA) is 77.9 Å². The van der Waals surface area contributed by atoms with Crippen LogP contribution in [0.5, 0.6) is 5.75 Å². The fraction of sp³-hybridized carbons (Fsp3) is 0.238. The number of aromatic nitrogens is 1. The van der Waals surface area contributed by atoms with Gasteiger partial charge >= 0.3 is 0 Å². The van der Waals surface area contributed by atoms with Gasteiger partial charge in [-0.3, -0.25) is 4.79 Å². The molecule has 0 saturated heterocycles. The number of anilines is 1. The van der Waals surface area contributed by atoms with Gasteiger partial charge in [0, 0.05) is 24.9 Å². The zero-order valence-electron chi connectivity index (χ0n) is 14.1. The molecule has 1 aliphatic heterocycles. The Bertz CT molecular complexity index is 1090. The van der Waals surface area contributed by atoms with Crippen LogP contribution >= 0.6 is 0 Å². The molecule has 2 N–H and O–H groups in total. The van der Waals surface area contributed by atoms with Gasteiger partial charge in [-0.05, 0) is 42.2 Å². The lowest BCUT2D eigenvalue weighted by Gasteiger charge is -2.15. The van der Waals surface area contributed by atoms with Gasteiger partial charge in [0.25, 0.3) is 0 Å². The Morgan fingerprint density at radius 1 is 1.27 bits per heavy atom. The highest BCUT2D eigenvalue weighted by Crippen LogP contribution is 2.51. The van der Waals surface area contributed by atoms with Gasteiger partial charge in [0.2, 0.25) is 0 Å². The number of benzene rings is 2. The van der Waals surface area contributed by atoms with Gasteiger partial charge in [-0.15, -0.1) is 0 Å². The first-order valence-corrected chi connectivity index (χ1v) is 8.74. The van der Waals surface area contributed by atoms with Crippen molar-refractivity contribution in [3.8, 4) is 11.8 Å². The summed E-state index contributed by atoms with van der Waals surface area (Å²) in [4.78, 5) is 16.2. The first-order chi connectivity index (χ1) is 12.7. The molecule has 1 aliphatic carbocycles. The number of nitrogens with one attached hydrogen (secondary N) is 2. The molecule has 0 radical (unpaired) electrons. The third-order valence-electron chi connectivity index (χ3n) is 5.54. The molecule has 26 heavy (non-hydrogen) atoms. The Labute approximate surface area is 152 Å². The van der Waals surface area contributed by atoms with Crippen molar-refractivity contribution in [2.24, 2.45) is 0 Å². The van der Waals surface area contributed by atoms with E-state index >= 15 is 0 Å². The van der Waals surface area contributed by atoms with Gasteiger partial charge in [0.1, 0.15) is 17.6 Å². The molecule has 130 valence electrons. The Morgan fingerprint density at radius 3 is 2.96 bits per heavy atom. The van der Waals surface area contributed by atoms with E-state index in [1.165, 1.54) is 0 Å². The van der Waals surface area contributed by atoms with Crippen LogP contribution in [-0.4, -0.2) is 17.5 Å². The highest BCUT2D eigenvalue weighted by atomic mass is 16.5. The van der Waals surface area contributed by atoms with Crippen molar-refractivity contribution < 1.29 is 11.0 Å². The quantitative estimate of drug-likeness (QED) is 0.752. The molecule has 0 bridgehead atoms. The van der Waals surface area contributed by atoms with Gasteiger partial charge in [-0.1, -0.05) is 18.2 Å². The highest BCUT2D eigenvalue weighted by Gasteiger charge is 2.50. The van der Waals surface area contributed by atoms with Crippen LogP contribution in [-0.2, 0) is 16.6 Å². The molecule has 1 saturated carbocycles. The number of Topliss-reactive ketones (excluding diaryl/α,β-unsaturated/α-hetero) is 1. The second-order valence-corrected chi connectivity index (χ2v) is 7.05. The van der Waals surface area contributed by atoms with Gasteiger partial charge in [-0.25, -0.2) is 0 Å². The highest BCUT2D eigenvalue weighted by molar-refractivity contribution is 5.96. The SMILES string of the molecule is N#Cc1c[nH]c2cc(CC(=O)C3(c4ccc5c(c4)NCO5)CC3)ccc12.[HH]. The van der Waals surface area contributed by atoms with Crippen LogP contribution in [0.15, 0.2) is 42.6 Å². The molecule has 5 nitrogen and oxygen atoms in total. The third-order valence-corrected chi connectivity index (χ3v) is 5.54. The minimum atomic E-state index is -0.359. The van der Waals surface area contributed by atoms with E-state index in [9.17, 15) is 4.79 Å². The molecule has 5 rings (SSSR count). The summed E-state index contributed by atoms with van der Waals surface area (Å²) in [6.45, 7) is 0.487. The normalized spacial score (nSPS) is 16.4. The lowest BCUT2D eigenvalue weighted by atomic mass is 9.87. The van der Waals surface area contributed by atoms with E-state index in [1.807, 2.05) is 30.3 Å². The second kappa shape index (κ2) is 5.37. The van der Waals surface area contributed by atoms with Crippen molar-refractivity contribution in [1.29, 1.82) is 5.26 Å². The first kappa shape index (κ1) is 15.0. The zero-order chi connectivity index (χ0) is 17.7. The molecule has 2 heterocycles. The minimum absolute atomic E-state index is 0. The summed E-state index contributed by atoms with van der Waals surface area (Å²) in [5, 5.41) is 13.2. The van der Waals surface area contributed by atoms with E-state index in [2.05, 4.69) is 22.4 Å². The lowest BCUT2D eigenvalue weighted by Crippen LogP contribution is -2.22.